The molecule has 22 heavy (non-hydrogen) atoms. The number of nitrogens with zero attached hydrogens (tertiary/aromatic N) is 6. The minimum atomic E-state index is -0.349. The van der Waals surface area contributed by atoms with Gasteiger partial charge in [-0.2, -0.15) is 14.3 Å². The Hall–Kier alpha value is -2.59. The summed E-state index contributed by atoms with van der Waals surface area (Å²) >= 11 is 2.93. The second kappa shape index (κ2) is 5.31. The predicted octanol–water partition coefficient (Wildman–Crippen LogP) is 1.65. The zero-order chi connectivity index (χ0) is 14.9. The molecule has 0 bridgehead atoms. The fourth-order valence-electron chi connectivity index (χ4n) is 1.86. The Balaban J connectivity index is 1.61. The third kappa shape index (κ3) is 2.27. The molecular formula is C12H8N6O2S2. The quantitative estimate of drug-likeness (QED) is 0.564. The van der Waals surface area contributed by atoms with Crippen molar-refractivity contribution >= 4 is 22.7 Å². The van der Waals surface area contributed by atoms with Crippen molar-refractivity contribution in [1.29, 1.82) is 0 Å². The predicted molar refractivity (Wildman–Crippen MR) is 80.2 cm³/mol. The molecule has 4 rings (SSSR count). The Morgan fingerprint density at radius 2 is 2.00 bits per heavy atom. The molecule has 0 saturated carbocycles. The van der Waals surface area contributed by atoms with Crippen LogP contribution in [-0.2, 0) is 6.54 Å². The molecule has 110 valence electrons. The van der Waals surface area contributed by atoms with E-state index in [1.807, 2.05) is 29.0 Å². The zero-order valence-electron chi connectivity index (χ0n) is 11.0. The van der Waals surface area contributed by atoms with E-state index in [0.717, 1.165) is 4.88 Å². The van der Waals surface area contributed by atoms with E-state index in [1.165, 1.54) is 32.0 Å². The van der Waals surface area contributed by atoms with Crippen LogP contribution in [0.15, 0.2) is 44.3 Å². The van der Waals surface area contributed by atoms with Crippen LogP contribution in [0.2, 0.25) is 0 Å². The summed E-state index contributed by atoms with van der Waals surface area (Å²) in [7, 11) is 0. The standard InChI is InChI=1S/C12H8N6O2S2/c19-12-17(15-16-18(12)10-4-2-6-22-10)7-9-13-11(14-20-9)8-3-1-5-21-8/h1-6H,7H2. The number of tetrazole rings is 1. The Kier molecular flexibility index (Phi) is 3.16. The van der Waals surface area contributed by atoms with E-state index >= 15 is 0 Å². The lowest BCUT2D eigenvalue weighted by atomic mass is 10.4. The van der Waals surface area contributed by atoms with Gasteiger partial charge in [-0.1, -0.05) is 11.2 Å². The van der Waals surface area contributed by atoms with Crippen LogP contribution >= 0.6 is 22.7 Å². The van der Waals surface area contributed by atoms with Crippen molar-refractivity contribution in [2.45, 2.75) is 6.54 Å². The van der Waals surface area contributed by atoms with Crippen LogP contribution < -0.4 is 5.69 Å². The topological polar surface area (TPSA) is 91.6 Å². The fraction of sp³-hybridized carbons (Fsp3) is 0.0833. The molecule has 0 saturated heterocycles. The lowest BCUT2D eigenvalue weighted by Crippen LogP contribution is -2.24. The van der Waals surface area contributed by atoms with Gasteiger partial charge in [-0.3, -0.25) is 0 Å². The van der Waals surface area contributed by atoms with Gasteiger partial charge >= 0.3 is 5.69 Å². The SMILES string of the molecule is O=c1n(Cc2nc(-c3cccs3)no2)nnn1-c1cccs1. The Bertz CT molecular complexity index is 935. The highest BCUT2D eigenvalue weighted by atomic mass is 32.1. The molecule has 4 heterocycles. The summed E-state index contributed by atoms with van der Waals surface area (Å²) in [4.78, 5) is 17.4. The van der Waals surface area contributed by atoms with Crippen LogP contribution in [0, 0.1) is 0 Å². The van der Waals surface area contributed by atoms with E-state index in [1.54, 1.807) is 6.07 Å². The van der Waals surface area contributed by atoms with E-state index in [9.17, 15) is 4.79 Å². The summed E-state index contributed by atoms with van der Waals surface area (Å²) in [6.45, 7) is 0.0859. The number of hydrogen-bond acceptors (Lipinski definition) is 8. The van der Waals surface area contributed by atoms with E-state index in [2.05, 4.69) is 20.6 Å². The molecule has 10 heteroatoms. The van der Waals surface area contributed by atoms with Gasteiger partial charge in [0.15, 0.2) is 0 Å². The largest absolute Gasteiger partial charge is 0.369 e. The maximum absolute atomic E-state index is 12.2. The van der Waals surface area contributed by atoms with Crippen molar-refractivity contribution in [3.8, 4) is 15.7 Å². The van der Waals surface area contributed by atoms with Gasteiger partial charge in [-0.25, -0.2) is 4.79 Å². The normalized spacial score (nSPS) is 11.1. The molecule has 0 aliphatic rings. The van der Waals surface area contributed by atoms with Crippen LogP contribution in [0.5, 0.6) is 0 Å². The summed E-state index contributed by atoms with van der Waals surface area (Å²) in [5.74, 6) is 0.812. The molecule has 0 aliphatic heterocycles. The Morgan fingerprint density at radius 1 is 1.14 bits per heavy atom. The molecule has 0 aromatic carbocycles. The van der Waals surface area contributed by atoms with Crippen molar-refractivity contribution in [1.82, 2.24) is 29.9 Å². The van der Waals surface area contributed by atoms with Crippen LogP contribution in [0.1, 0.15) is 5.89 Å². The first-order valence-corrected chi connectivity index (χ1v) is 8.00. The van der Waals surface area contributed by atoms with Gasteiger partial charge in [0, 0.05) is 0 Å². The first kappa shape index (κ1) is 13.1. The van der Waals surface area contributed by atoms with Crippen molar-refractivity contribution in [2.24, 2.45) is 0 Å². The van der Waals surface area contributed by atoms with Crippen molar-refractivity contribution in [3.63, 3.8) is 0 Å². The number of hydrogen-bond donors (Lipinski definition) is 0. The van der Waals surface area contributed by atoms with E-state index in [0.29, 0.717) is 16.7 Å². The van der Waals surface area contributed by atoms with Gasteiger partial charge in [0.2, 0.25) is 11.7 Å². The third-order valence-electron chi connectivity index (χ3n) is 2.85. The van der Waals surface area contributed by atoms with Crippen molar-refractivity contribution in [3.05, 3.63) is 51.4 Å². The molecule has 0 unspecified atom stereocenters. The molecule has 0 N–H and O–H groups in total. The molecule has 0 fully saturated rings. The maximum atomic E-state index is 12.2. The zero-order valence-corrected chi connectivity index (χ0v) is 12.6. The van der Waals surface area contributed by atoms with Gasteiger partial charge in [-0.05, 0) is 39.4 Å². The highest BCUT2D eigenvalue weighted by molar-refractivity contribution is 7.13. The highest BCUT2D eigenvalue weighted by Crippen LogP contribution is 2.21. The molecule has 4 aromatic rings. The summed E-state index contributed by atoms with van der Waals surface area (Å²) < 4.78 is 7.58. The second-order valence-electron chi connectivity index (χ2n) is 4.27. The molecule has 8 nitrogen and oxygen atoms in total. The molecule has 0 amide bonds. The molecule has 0 radical (unpaired) electrons. The van der Waals surface area contributed by atoms with Gasteiger partial charge < -0.3 is 4.52 Å². The van der Waals surface area contributed by atoms with E-state index in [-0.39, 0.29) is 12.2 Å². The van der Waals surface area contributed by atoms with E-state index in [4.69, 9.17) is 4.52 Å². The first-order chi connectivity index (χ1) is 10.8. The fourth-order valence-corrected chi connectivity index (χ4v) is 3.17. The van der Waals surface area contributed by atoms with Gasteiger partial charge in [-0.15, -0.1) is 22.7 Å². The highest BCUT2D eigenvalue weighted by Gasteiger charge is 2.14. The summed E-state index contributed by atoms with van der Waals surface area (Å²) in [6, 6.07) is 7.45. The van der Waals surface area contributed by atoms with Crippen molar-refractivity contribution < 1.29 is 4.52 Å². The molecule has 0 atom stereocenters. The Labute approximate surface area is 131 Å². The molecule has 4 aromatic heterocycles. The smallest absolute Gasteiger partial charge is 0.337 e. The summed E-state index contributed by atoms with van der Waals surface area (Å²) in [5, 5.41) is 16.1. The minimum Gasteiger partial charge on any atom is -0.337 e. The number of rotatable bonds is 4. The molecule has 0 aliphatic carbocycles. The maximum Gasteiger partial charge on any atom is 0.369 e. The second-order valence-corrected chi connectivity index (χ2v) is 6.15. The van der Waals surface area contributed by atoms with Gasteiger partial charge in [0.1, 0.15) is 11.5 Å². The van der Waals surface area contributed by atoms with E-state index < -0.39 is 0 Å². The first-order valence-electron chi connectivity index (χ1n) is 6.24. The van der Waals surface area contributed by atoms with Crippen LogP contribution in [0.4, 0.5) is 0 Å². The lowest BCUT2D eigenvalue weighted by Gasteiger charge is -1.92. The number of thiophene rings is 2. The lowest BCUT2D eigenvalue weighted by molar-refractivity contribution is 0.363. The van der Waals surface area contributed by atoms with Crippen LogP contribution in [-0.4, -0.2) is 29.9 Å². The van der Waals surface area contributed by atoms with Gasteiger partial charge in [0.05, 0.1) is 4.88 Å². The average Bonchev–Trinajstić information content (AvgIpc) is 3.27. The summed E-state index contributed by atoms with van der Waals surface area (Å²) in [6.07, 6.45) is 0. The summed E-state index contributed by atoms with van der Waals surface area (Å²) in [5.41, 5.74) is -0.349. The Morgan fingerprint density at radius 3 is 2.77 bits per heavy atom. The van der Waals surface area contributed by atoms with Gasteiger partial charge in [0.25, 0.3) is 0 Å². The molecule has 0 spiro atoms. The van der Waals surface area contributed by atoms with Crippen LogP contribution in [0.25, 0.3) is 15.7 Å². The average molecular weight is 332 g/mol. The third-order valence-corrected chi connectivity index (χ3v) is 4.56. The monoisotopic (exact) mass is 332 g/mol. The van der Waals surface area contributed by atoms with Crippen molar-refractivity contribution in [2.75, 3.05) is 0 Å². The minimum absolute atomic E-state index is 0.0859. The molecular weight excluding hydrogens is 324 g/mol. The number of aromatic nitrogens is 6. The van der Waals surface area contributed by atoms with Crippen LogP contribution in [0.3, 0.4) is 0 Å².